The van der Waals surface area contributed by atoms with Crippen LogP contribution >= 0.6 is 23.4 Å². The molecule has 0 heterocycles. The van der Waals surface area contributed by atoms with Gasteiger partial charge in [-0.3, -0.25) is 0 Å². The van der Waals surface area contributed by atoms with Crippen molar-refractivity contribution in [1.29, 1.82) is 0 Å². The monoisotopic (exact) mass is 322 g/mol. The van der Waals surface area contributed by atoms with E-state index in [1.54, 1.807) is 36.0 Å². The molecule has 0 amide bonds. The number of benzene rings is 2. The van der Waals surface area contributed by atoms with Gasteiger partial charge in [-0.05, 0) is 36.8 Å². The van der Waals surface area contributed by atoms with Crippen LogP contribution in [0.25, 0.3) is 0 Å². The molecule has 0 saturated heterocycles. The molecule has 0 spiro atoms. The standard InChI is InChI=1S/C16H15ClO3S/c17-12-5-3-6-13(11-12)21-10-4-9-20-15-8-2-1-7-14(15)16(18)19/h1-3,5-8,11H,4,9-10H2,(H,18,19). The molecule has 3 nitrogen and oxygen atoms in total. The van der Waals surface area contributed by atoms with Gasteiger partial charge in [-0.15, -0.1) is 11.8 Å². The summed E-state index contributed by atoms with van der Waals surface area (Å²) in [6.45, 7) is 0.484. The van der Waals surface area contributed by atoms with Crippen LogP contribution in [-0.2, 0) is 0 Å². The van der Waals surface area contributed by atoms with Gasteiger partial charge in [0.2, 0.25) is 0 Å². The Morgan fingerprint density at radius 3 is 2.76 bits per heavy atom. The summed E-state index contributed by atoms with van der Waals surface area (Å²) in [5.74, 6) is 0.326. The first kappa shape index (κ1) is 15.7. The maximum atomic E-state index is 11.0. The highest BCUT2D eigenvalue weighted by Gasteiger charge is 2.09. The molecular weight excluding hydrogens is 308 g/mol. The maximum absolute atomic E-state index is 11.0. The number of hydrogen-bond donors (Lipinski definition) is 1. The zero-order chi connectivity index (χ0) is 15.1. The van der Waals surface area contributed by atoms with Crippen molar-refractivity contribution >= 4 is 29.3 Å². The van der Waals surface area contributed by atoms with E-state index in [2.05, 4.69) is 0 Å². The van der Waals surface area contributed by atoms with Crippen molar-refractivity contribution < 1.29 is 14.6 Å². The normalized spacial score (nSPS) is 10.3. The van der Waals surface area contributed by atoms with Gasteiger partial charge in [0.25, 0.3) is 0 Å². The third kappa shape index (κ3) is 4.99. The van der Waals surface area contributed by atoms with Crippen molar-refractivity contribution in [2.75, 3.05) is 12.4 Å². The van der Waals surface area contributed by atoms with Crippen molar-refractivity contribution in [2.24, 2.45) is 0 Å². The van der Waals surface area contributed by atoms with Gasteiger partial charge in [0.1, 0.15) is 11.3 Å². The number of para-hydroxylation sites is 1. The number of carbonyl (C=O) groups is 1. The van der Waals surface area contributed by atoms with Gasteiger partial charge in [0.05, 0.1) is 6.61 Å². The minimum Gasteiger partial charge on any atom is -0.493 e. The lowest BCUT2D eigenvalue weighted by Crippen LogP contribution is -2.04. The van der Waals surface area contributed by atoms with Crippen LogP contribution in [0.3, 0.4) is 0 Å². The average Bonchev–Trinajstić information content (AvgIpc) is 2.47. The van der Waals surface area contributed by atoms with Crippen molar-refractivity contribution in [3.63, 3.8) is 0 Å². The second kappa shape index (κ2) is 7.96. The number of halogens is 1. The average molecular weight is 323 g/mol. The lowest BCUT2D eigenvalue weighted by atomic mass is 10.2. The van der Waals surface area contributed by atoms with Crippen molar-refractivity contribution in [3.05, 3.63) is 59.1 Å². The predicted octanol–water partition coefficient (Wildman–Crippen LogP) is 4.60. The summed E-state index contributed by atoms with van der Waals surface area (Å²) >= 11 is 7.62. The Morgan fingerprint density at radius 2 is 2.00 bits per heavy atom. The second-order valence-corrected chi connectivity index (χ2v) is 5.91. The Hall–Kier alpha value is -1.65. The quantitative estimate of drug-likeness (QED) is 0.598. The first-order valence-electron chi connectivity index (χ1n) is 6.50. The highest BCUT2D eigenvalue weighted by Crippen LogP contribution is 2.23. The van der Waals surface area contributed by atoms with Gasteiger partial charge >= 0.3 is 5.97 Å². The molecule has 2 aromatic carbocycles. The molecule has 0 radical (unpaired) electrons. The van der Waals surface area contributed by atoms with E-state index in [0.717, 1.165) is 22.1 Å². The van der Waals surface area contributed by atoms with Gasteiger partial charge in [-0.25, -0.2) is 4.79 Å². The van der Waals surface area contributed by atoms with Crippen LogP contribution in [0.15, 0.2) is 53.4 Å². The van der Waals surface area contributed by atoms with Gasteiger partial charge < -0.3 is 9.84 Å². The van der Waals surface area contributed by atoms with Gasteiger partial charge in [0.15, 0.2) is 0 Å². The fraction of sp³-hybridized carbons (Fsp3) is 0.188. The molecule has 0 bridgehead atoms. The van der Waals surface area contributed by atoms with Crippen LogP contribution in [-0.4, -0.2) is 23.4 Å². The third-order valence-corrected chi connectivity index (χ3v) is 4.04. The number of hydrogen-bond acceptors (Lipinski definition) is 3. The number of rotatable bonds is 7. The highest BCUT2D eigenvalue weighted by atomic mass is 35.5. The molecule has 1 N–H and O–H groups in total. The van der Waals surface area contributed by atoms with Crippen molar-refractivity contribution in [2.45, 2.75) is 11.3 Å². The number of carboxylic acid groups (broad SMARTS) is 1. The number of thioether (sulfide) groups is 1. The van der Waals surface area contributed by atoms with Crippen LogP contribution in [0.5, 0.6) is 5.75 Å². The maximum Gasteiger partial charge on any atom is 0.339 e. The Kier molecular flexibility index (Phi) is 5.96. The largest absolute Gasteiger partial charge is 0.493 e. The minimum atomic E-state index is -0.973. The molecule has 0 fully saturated rings. The smallest absolute Gasteiger partial charge is 0.339 e. The summed E-state index contributed by atoms with van der Waals surface area (Å²) in [6.07, 6.45) is 0.825. The number of aromatic carboxylic acids is 1. The summed E-state index contributed by atoms with van der Waals surface area (Å²) in [5, 5.41) is 9.77. The fourth-order valence-electron chi connectivity index (χ4n) is 1.76. The lowest BCUT2D eigenvalue weighted by Gasteiger charge is -2.08. The Bertz CT molecular complexity index is 616. The van der Waals surface area contributed by atoms with E-state index in [1.807, 2.05) is 24.3 Å². The molecule has 5 heteroatoms. The lowest BCUT2D eigenvalue weighted by molar-refractivity contribution is 0.0692. The number of carboxylic acids is 1. The van der Waals surface area contributed by atoms with Crippen LogP contribution < -0.4 is 4.74 Å². The molecule has 21 heavy (non-hydrogen) atoms. The van der Waals surface area contributed by atoms with Crippen LogP contribution in [0, 0.1) is 0 Å². The SMILES string of the molecule is O=C(O)c1ccccc1OCCCSc1cccc(Cl)c1. The molecule has 0 aliphatic heterocycles. The summed E-state index contributed by atoms with van der Waals surface area (Å²) in [6, 6.07) is 14.4. The molecule has 0 unspecified atom stereocenters. The molecule has 2 aromatic rings. The summed E-state index contributed by atoms with van der Waals surface area (Å²) in [7, 11) is 0. The fourth-order valence-corrected chi connectivity index (χ4v) is 2.90. The van der Waals surface area contributed by atoms with Gasteiger partial charge in [-0.1, -0.05) is 29.8 Å². The van der Waals surface area contributed by atoms with Crippen LogP contribution in [0.4, 0.5) is 0 Å². The molecule has 0 aliphatic rings. The van der Waals surface area contributed by atoms with Gasteiger partial charge in [-0.2, -0.15) is 0 Å². The number of ether oxygens (including phenoxy) is 1. The third-order valence-electron chi connectivity index (χ3n) is 2.73. The Morgan fingerprint density at radius 1 is 1.19 bits per heavy atom. The molecule has 2 rings (SSSR count). The molecular formula is C16H15ClO3S. The van der Waals surface area contributed by atoms with E-state index in [1.165, 1.54) is 0 Å². The van der Waals surface area contributed by atoms with Crippen LogP contribution in [0.2, 0.25) is 5.02 Å². The molecule has 0 atom stereocenters. The minimum absolute atomic E-state index is 0.194. The topological polar surface area (TPSA) is 46.5 Å². The van der Waals surface area contributed by atoms with E-state index >= 15 is 0 Å². The van der Waals surface area contributed by atoms with E-state index < -0.39 is 5.97 Å². The second-order valence-electron chi connectivity index (χ2n) is 4.31. The van der Waals surface area contributed by atoms with E-state index in [9.17, 15) is 4.79 Å². The molecule has 0 saturated carbocycles. The summed E-state index contributed by atoms with van der Waals surface area (Å²) in [4.78, 5) is 12.1. The predicted molar refractivity (Wildman–Crippen MR) is 85.7 cm³/mol. The first-order chi connectivity index (χ1) is 10.2. The molecule has 0 aromatic heterocycles. The van der Waals surface area contributed by atoms with Gasteiger partial charge in [0, 0.05) is 15.7 Å². The molecule has 0 aliphatic carbocycles. The van der Waals surface area contributed by atoms with Crippen molar-refractivity contribution in [3.8, 4) is 5.75 Å². The zero-order valence-electron chi connectivity index (χ0n) is 11.3. The Balaban J connectivity index is 1.76. The van der Waals surface area contributed by atoms with E-state index in [0.29, 0.717) is 12.4 Å². The van der Waals surface area contributed by atoms with Crippen LogP contribution in [0.1, 0.15) is 16.8 Å². The van der Waals surface area contributed by atoms with E-state index in [-0.39, 0.29) is 5.56 Å². The summed E-state index contributed by atoms with van der Waals surface area (Å²) in [5.41, 5.74) is 0.194. The molecule has 110 valence electrons. The Labute approximate surface area is 132 Å². The van der Waals surface area contributed by atoms with E-state index in [4.69, 9.17) is 21.4 Å². The van der Waals surface area contributed by atoms with Crippen molar-refractivity contribution in [1.82, 2.24) is 0 Å². The summed E-state index contributed by atoms with van der Waals surface area (Å²) < 4.78 is 5.54. The first-order valence-corrected chi connectivity index (χ1v) is 7.86. The highest BCUT2D eigenvalue weighted by molar-refractivity contribution is 7.99. The zero-order valence-corrected chi connectivity index (χ0v) is 12.9.